The average Bonchev–Trinajstić information content (AvgIpc) is 2.38. The fourth-order valence-corrected chi connectivity index (χ4v) is 2.02. The Labute approximate surface area is 118 Å². The highest BCUT2D eigenvalue weighted by atomic mass is 19.1. The number of rotatable bonds is 6. The van der Waals surface area contributed by atoms with Crippen LogP contribution in [0.1, 0.15) is 5.56 Å². The summed E-state index contributed by atoms with van der Waals surface area (Å²) in [6.45, 7) is 2.17. The van der Waals surface area contributed by atoms with Crippen LogP contribution in [0.4, 0.5) is 14.5 Å². The zero-order valence-electron chi connectivity index (χ0n) is 11.4. The summed E-state index contributed by atoms with van der Waals surface area (Å²) >= 11 is 0. The molecule has 0 amide bonds. The third kappa shape index (κ3) is 4.63. The molecule has 0 spiro atoms. The molecule has 4 heteroatoms. The number of nitrogens with zero attached hydrogens (tertiary/aromatic N) is 1. The predicted molar refractivity (Wildman–Crippen MR) is 77.6 cm³/mol. The minimum atomic E-state index is -0.247. The van der Waals surface area contributed by atoms with Crippen molar-refractivity contribution in [3.63, 3.8) is 0 Å². The van der Waals surface area contributed by atoms with E-state index in [4.69, 9.17) is 0 Å². The molecule has 0 radical (unpaired) electrons. The fraction of sp³-hybridized carbons (Fsp3) is 0.250. The smallest absolute Gasteiger partial charge is 0.125 e. The van der Waals surface area contributed by atoms with Gasteiger partial charge in [-0.1, -0.05) is 18.2 Å². The van der Waals surface area contributed by atoms with Crippen LogP contribution in [0.15, 0.2) is 48.5 Å². The molecule has 0 atom stereocenters. The van der Waals surface area contributed by atoms with E-state index in [9.17, 15) is 8.78 Å². The lowest BCUT2D eigenvalue weighted by Gasteiger charge is -2.17. The van der Waals surface area contributed by atoms with Crippen molar-refractivity contribution in [3.8, 4) is 0 Å². The molecule has 0 bridgehead atoms. The van der Waals surface area contributed by atoms with Gasteiger partial charge >= 0.3 is 0 Å². The molecule has 0 fully saturated rings. The second-order valence-electron chi connectivity index (χ2n) is 4.80. The highest BCUT2D eigenvalue weighted by Crippen LogP contribution is 2.09. The Morgan fingerprint density at radius 3 is 2.40 bits per heavy atom. The Morgan fingerprint density at radius 2 is 1.70 bits per heavy atom. The summed E-state index contributed by atoms with van der Waals surface area (Å²) in [5.74, 6) is -0.461. The van der Waals surface area contributed by atoms with Crippen LogP contribution in [-0.4, -0.2) is 25.0 Å². The lowest BCUT2D eigenvalue weighted by molar-refractivity contribution is 0.339. The Morgan fingerprint density at radius 1 is 1.00 bits per heavy atom. The lowest BCUT2D eigenvalue weighted by Crippen LogP contribution is -2.24. The molecule has 2 aromatic rings. The molecule has 106 valence electrons. The van der Waals surface area contributed by atoms with Gasteiger partial charge in [0.05, 0.1) is 0 Å². The highest BCUT2D eigenvalue weighted by Gasteiger charge is 2.01. The Bertz CT molecular complexity index is 558. The van der Waals surface area contributed by atoms with Gasteiger partial charge in [0.25, 0.3) is 0 Å². The van der Waals surface area contributed by atoms with E-state index in [1.54, 1.807) is 12.1 Å². The van der Waals surface area contributed by atoms with Crippen LogP contribution in [0.3, 0.4) is 0 Å². The summed E-state index contributed by atoms with van der Waals surface area (Å²) in [5, 5.41) is 3.16. The van der Waals surface area contributed by atoms with Gasteiger partial charge in [0, 0.05) is 25.3 Å². The van der Waals surface area contributed by atoms with Gasteiger partial charge < -0.3 is 10.2 Å². The van der Waals surface area contributed by atoms with E-state index >= 15 is 0 Å². The van der Waals surface area contributed by atoms with Crippen molar-refractivity contribution in [3.05, 3.63) is 65.7 Å². The minimum Gasteiger partial charge on any atom is -0.384 e. The third-order valence-corrected chi connectivity index (χ3v) is 2.99. The quantitative estimate of drug-likeness (QED) is 0.868. The molecular formula is C16H18F2N2. The van der Waals surface area contributed by atoms with Crippen molar-refractivity contribution < 1.29 is 8.78 Å². The normalized spacial score (nSPS) is 10.8. The Balaban J connectivity index is 1.76. The van der Waals surface area contributed by atoms with Gasteiger partial charge in [-0.25, -0.2) is 8.78 Å². The van der Waals surface area contributed by atoms with Gasteiger partial charge in [0.2, 0.25) is 0 Å². The molecule has 2 rings (SSSR count). The largest absolute Gasteiger partial charge is 0.384 e. The summed E-state index contributed by atoms with van der Waals surface area (Å²) < 4.78 is 26.1. The second-order valence-corrected chi connectivity index (χ2v) is 4.80. The van der Waals surface area contributed by atoms with E-state index in [2.05, 4.69) is 10.2 Å². The second kappa shape index (κ2) is 7.01. The van der Waals surface area contributed by atoms with E-state index in [0.717, 1.165) is 17.8 Å². The van der Waals surface area contributed by atoms with Crippen molar-refractivity contribution in [2.24, 2.45) is 0 Å². The van der Waals surface area contributed by atoms with E-state index in [1.807, 2.05) is 19.2 Å². The number of nitrogens with one attached hydrogen (secondary N) is 1. The number of benzene rings is 2. The summed E-state index contributed by atoms with van der Waals surface area (Å²) in [4.78, 5) is 2.08. The van der Waals surface area contributed by atoms with Crippen molar-refractivity contribution in [1.29, 1.82) is 0 Å². The topological polar surface area (TPSA) is 15.3 Å². The van der Waals surface area contributed by atoms with E-state index < -0.39 is 0 Å². The highest BCUT2D eigenvalue weighted by molar-refractivity contribution is 5.42. The van der Waals surface area contributed by atoms with Crippen LogP contribution in [0.5, 0.6) is 0 Å². The molecule has 2 nitrogen and oxygen atoms in total. The van der Waals surface area contributed by atoms with Gasteiger partial charge in [0.15, 0.2) is 0 Å². The number of likely N-dealkylation sites (N-methyl/N-ethyl adjacent to an activating group) is 1. The summed E-state index contributed by atoms with van der Waals surface area (Å²) in [7, 11) is 1.97. The van der Waals surface area contributed by atoms with Crippen molar-refractivity contribution in [2.75, 3.05) is 25.5 Å². The monoisotopic (exact) mass is 276 g/mol. The average molecular weight is 276 g/mol. The SMILES string of the molecule is CN(CCNc1cccc(F)c1)Cc1cccc(F)c1. The number of hydrogen-bond donors (Lipinski definition) is 1. The molecule has 0 unspecified atom stereocenters. The summed E-state index contributed by atoms with van der Waals surface area (Å²) in [6.07, 6.45) is 0. The number of anilines is 1. The fourth-order valence-electron chi connectivity index (χ4n) is 2.02. The first kappa shape index (κ1) is 14.5. The van der Waals surface area contributed by atoms with Gasteiger partial charge in [-0.05, 0) is 42.9 Å². The zero-order valence-corrected chi connectivity index (χ0v) is 11.4. The maximum Gasteiger partial charge on any atom is 0.125 e. The zero-order chi connectivity index (χ0) is 14.4. The molecule has 0 aromatic heterocycles. The molecular weight excluding hydrogens is 258 g/mol. The molecule has 0 aliphatic carbocycles. The number of hydrogen-bond acceptors (Lipinski definition) is 2. The minimum absolute atomic E-state index is 0.214. The molecule has 1 N–H and O–H groups in total. The first-order valence-electron chi connectivity index (χ1n) is 6.56. The van der Waals surface area contributed by atoms with E-state index in [-0.39, 0.29) is 11.6 Å². The summed E-state index contributed by atoms with van der Waals surface area (Å²) in [6, 6.07) is 13.0. The summed E-state index contributed by atoms with van der Waals surface area (Å²) in [5.41, 5.74) is 1.71. The number of halogens is 2. The molecule has 0 heterocycles. The predicted octanol–water partition coefficient (Wildman–Crippen LogP) is 3.51. The molecule has 2 aromatic carbocycles. The maximum atomic E-state index is 13.1. The molecule has 0 aliphatic heterocycles. The first-order chi connectivity index (χ1) is 9.63. The van der Waals surface area contributed by atoms with Crippen molar-refractivity contribution >= 4 is 5.69 Å². The van der Waals surface area contributed by atoms with Crippen LogP contribution in [0.2, 0.25) is 0 Å². The lowest BCUT2D eigenvalue weighted by atomic mass is 10.2. The molecule has 0 saturated heterocycles. The van der Waals surface area contributed by atoms with Gasteiger partial charge in [-0.3, -0.25) is 0 Å². The standard InChI is InChI=1S/C16H18F2N2/c1-20(12-13-4-2-5-14(17)10-13)9-8-19-16-7-3-6-15(18)11-16/h2-7,10-11,19H,8-9,12H2,1H3. The molecule has 0 saturated carbocycles. The van der Waals surface area contributed by atoms with Gasteiger partial charge in [-0.15, -0.1) is 0 Å². The maximum absolute atomic E-state index is 13.1. The molecule has 0 aliphatic rings. The first-order valence-corrected chi connectivity index (χ1v) is 6.56. The van der Waals surface area contributed by atoms with Crippen LogP contribution in [0.25, 0.3) is 0 Å². The van der Waals surface area contributed by atoms with Gasteiger partial charge in [0.1, 0.15) is 11.6 Å². The molecule has 20 heavy (non-hydrogen) atoms. The Hall–Kier alpha value is -1.94. The Kier molecular flexibility index (Phi) is 5.07. The van der Waals surface area contributed by atoms with Crippen molar-refractivity contribution in [1.82, 2.24) is 4.90 Å². The third-order valence-electron chi connectivity index (χ3n) is 2.99. The van der Waals surface area contributed by atoms with Crippen LogP contribution < -0.4 is 5.32 Å². The van der Waals surface area contributed by atoms with Crippen LogP contribution >= 0.6 is 0 Å². The van der Waals surface area contributed by atoms with E-state index in [0.29, 0.717) is 13.1 Å². The van der Waals surface area contributed by atoms with Crippen molar-refractivity contribution in [2.45, 2.75) is 6.54 Å². The van der Waals surface area contributed by atoms with Gasteiger partial charge in [-0.2, -0.15) is 0 Å². The van der Waals surface area contributed by atoms with Crippen LogP contribution in [-0.2, 0) is 6.54 Å². The van der Waals surface area contributed by atoms with E-state index in [1.165, 1.54) is 24.3 Å². The van der Waals surface area contributed by atoms with Crippen LogP contribution in [0, 0.1) is 11.6 Å².